The third-order valence-corrected chi connectivity index (χ3v) is 12.6. The molecule has 0 saturated carbocycles. The highest BCUT2D eigenvalue weighted by molar-refractivity contribution is 8.76. The van der Waals surface area contributed by atoms with Crippen LogP contribution in [0.1, 0.15) is 66.8 Å². The van der Waals surface area contributed by atoms with Gasteiger partial charge in [0.25, 0.3) is 0 Å². The molecule has 0 amide bonds. The lowest BCUT2D eigenvalue weighted by Crippen LogP contribution is -1.97. The third-order valence-electron chi connectivity index (χ3n) is 10.0. The number of aryl methyl sites for hydroxylation is 12. The molecular formula is C48H50S2. The maximum absolute atomic E-state index is 2.34. The largest absolute Gasteiger partial charge is 0.0610 e. The zero-order chi connectivity index (χ0) is 36.0. The fourth-order valence-corrected chi connectivity index (χ4v) is 11.3. The Morgan fingerprint density at radius 2 is 0.460 bits per heavy atom. The fraction of sp³-hybridized carbons (Fsp3) is 0.250. The van der Waals surface area contributed by atoms with Gasteiger partial charge in [-0.3, -0.25) is 0 Å². The molecule has 0 radical (unpaired) electrons. The third kappa shape index (κ3) is 6.85. The smallest absolute Gasteiger partial charge is 0.0343 e. The van der Waals surface area contributed by atoms with Gasteiger partial charge in [0, 0.05) is 9.79 Å². The summed E-state index contributed by atoms with van der Waals surface area (Å²) < 4.78 is 0. The molecule has 0 fully saturated rings. The van der Waals surface area contributed by atoms with Crippen LogP contribution in [0.2, 0.25) is 0 Å². The van der Waals surface area contributed by atoms with Gasteiger partial charge in [-0.1, -0.05) is 129 Å². The van der Waals surface area contributed by atoms with Crippen LogP contribution >= 0.6 is 21.6 Å². The van der Waals surface area contributed by atoms with Gasteiger partial charge in [0.1, 0.15) is 0 Å². The second-order valence-electron chi connectivity index (χ2n) is 14.6. The monoisotopic (exact) mass is 690 g/mol. The minimum Gasteiger partial charge on any atom is -0.0610 e. The highest BCUT2D eigenvalue weighted by atomic mass is 33.1. The average Bonchev–Trinajstić information content (AvgIpc) is 2.99. The molecule has 0 aromatic heterocycles. The summed E-state index contributed by atoms with van der Waals surface area (Å²) in [7, 11) is 3.85. The summed E-state index contributed by atoms with van der Waals surface area (Å²) >= 11 is 0. The molecule has 6 aromatic rings. The first kappa shape index (κ1) is 35.8. The second-order valence-corrected chi connectivity index (χ2v) is 16.8. The number of benzene rings is 6. The molecule has 0 aliphatic carbocycles. The molecule has 2 heteroatoms. The molecule has 0 bridgehead atoms. The molecule has 6 rings (SSSR count). The Hall–Kier alpha value is -3.98. The standard InChI is InChI=1S/C48H50S2/c1-27-19-31(5)43(32(6)20-27)39-15-13-16-40(44-33(7)21-28(2)22-34(44)8)47(39)49-50-48-41(45-35(9)23-29(3)24-36(45)10)17-14-18-42(48)46-37(11)25-30(4)26-38(46)12/h13-26H,1-12H3. The maximum atomic E-state index is 2.34. The van der Waals surface area contributed by atoms with Gasteiger partial charge >= 0.3 is 0 Å². The Bertz CT molecular complexity index is 1880. The number of rotatable bonds is 7. The van der Waals surface area contributed by atoms with Crippen molar-refractivity contribution in [2.45, 2.75) is 92.9 Å². The molecule has 0 saturated heterocycles. The fourth-order valence-electron chi connectivity index (χ4n) is 8.54. The van der Waals surface area contributed by atoms with Gasteiger partial charge in [0.2, 0.25) is 0 Å². The Morgan fingerprint density at radius 3 is 0.640 bits per heavy atom. The quantitative estimate of drug-likeness (QED) is 0.153. The SMILES string of the molecule is Cc1cc(C)c(-c2cccc(-c3c(C)cc(C)cc3C)c2SSc2c(-c3c(C)cc(C)cc3C)cccc2-c2c(C)cc(C)cc2C)c(C)c1. The van der Waals surface area contributed by atoms with Crippen LogP contribution in [0.5, 0.6) is 0 Å². The minimum absolute atomic E-state index is 1.30. The summed E-state index contributed by atoms with van der Waals surface area (Å²) in [5, 5.41) is 0. The van der Waals surface area contributed by atoms with Crippen LogP contribution in [0.4, 0.5) is 0 Å². The van der Waals surface area contributed by atoms with Crippen LogP contribution < -0.4 is 0 Å². The molecule has 0 aliphatic rings. The van der Waals surface area contributed by atoms with Crippen molar-refractivity contribution >= 4 is 21.6 Å². The van der Waals surface area contributed by atoms with E-state index >= 15 is 0 Å². The van der Waals surface area contributed by atoms with Crippen molar-refractivity contribution in [2.24, 2.45) is 0 Å². The Labute approximate surface area is 309 Å². The molecule has 0 nitrogen and oxygen atoms in total. The van der Waals surface area contributed by atoms with Crippen molar-refractivity contribution < 1.29 is 0 Å². The zero-order valence-electron chi connectivity index (χ0n) is 31.9. The molecule has 0 unspecified atom stereocenters. The first-order valence-electron chi connectivity index (χ1n) is 17.7. The molecule has 254 valence electrons. The van der Waals surface area contributed by atoms with Crippen molar-refractivity contribution in [3.63, 3.8) is 0 Å². The number of hydrogen-bond donors (Lipinski definition) is 0. The molecular weight excluding hydrogens is 641 g/mol. The summed E-state index contributed by atoms with van der Waals surface area (Å²) in [5.41, 5.74) is 26.4. The lowest BCUT2D eigenvalue weighted by molar-refractivity contribution is 1.28. The van der Waals surface area contributed by atoms with E-state index in [1.54, 1.807) is 0 Å². The van der Waals surface area contributed by atoms with E-state index in [9.17, 15) is 0 Å². The van der Waals surface area contributed by atoms with E-state index < -0.39 is 0 Å². The van der Waals surface area contributed by atoms with Gasteiger partial charge in [0.15, 0.2) is 0 Å². The zero-order valence-corrected chi connectivity index (χ0v) is 33.5. The second kappa shape index (κ2) is 14.3. The van der Waals surface area contributed by atoms with Gasteiger partial charge < -0.3 is 0 Å². The topological polar surface area (TPSA) is 0 Å². The molecule has 0 heterocycles. The van der Waals surface area contributed by atoms with E-state index in [1.165, 1.54) is 121 Å². The summed E-state index contributed by atoms with van der Waals surface area (Å²) in [5.74, 6) is 0. The Morgan fingerprint density at radius 1 is 0.280 bits per heavy atom. The first-order chi connectivity index (χ1) is 23.7. The van der Waals surface area contributed by atoms with E-state index in [-0.39, 0.29) is 0 Å². The van der Waals surface area contributed by atoms with Crippen LogP contribution in [0.3, 0.4) is 0 Å². The summed E-state index contributed by atoms with van der Waals surface area (Å²) in [6.07, 6.45) is 0. The normalized spacial score (nSPS) is 11.4. The predicted molar refractivity (Wildman–Crippen MR) is 223 cm³/mol. The van der Waals surface area contributed by atoms with Crippen molar-refractivity contribution in [3.05, 3.63) is 152 Å². The van der Waals surface area contributed by atoms with Crippen LogP contribution in [-0.4, -0.2) is 0 Å². The van der Waals surface area contributed by atoms with Gasteiger partial charge in [-0.15, -0.1) is 0 Å². The lowest BCUT2D eigenvalue weighted by atomic mass is 9.89. The summed E-state index contributed by atoms with van der Waals surface area (Å²) in [6.45, 7) is 27.0. The first-order valence-corrected chi connectivity index (χ1v) is 19.8. The lowest BCUT2D eigenvalue weighted by Gasteiger charge is -2.23. The van der Waals surface area contributed by atoms with E-state index in [2.05, 4.69) is 168 Å². The van der Waals surface area contributed by atoms with E-state index in [1.807, 2.05) is 21.6 Å². The molecule has 6 aromatic carbocycles. The molecule has 0 N–H and O–H groups in total. The van der Waals surface area contributed by atoms with Crippen molar-refractivity contribution in [1.29, 1.82) is 0 Å². The predicted octanol–water partition coefficient (Wildman–Crippen LogP) is 14.9. The van der Waals surface area contributed by atoms with Crippen molar-refractivity contribution in [1.82, 2.24) is 0 Å². The van der Waals surface area contributed by atoms with Crippen LogP contribution in [-0.2, 0) is 0 Å². The highest BCUT2D eigenvalue weighted by Crippen LogP contribution is 2.54. The van der Waals surface area contributed by atoms with Gasteiger partial charge in [-0.05, 0) is 172 Å². The summed E-state index contributed by atoms with van der Waals surface area (Å²) in [6, 6.07) is 32.5. The average molecular weight is 691 g/mol. The van der Waals surface area contributed by atoms with Crippen molar-refractivity contribution in [3.8, 4) is 44.5 Å². The maximum Gasteiger partial charge on any atom is 0.0343 e. The molecule has 50 heavy (non-hydrogen) atoms. The Balaban J connectivity index is 1.64. The van der Waals surface area contributed by atoms with E-state index in [4.69, 9.17) is 0 Å². The van der Waals surface area contributed by atoms with Crippen molar-refractivity contribution in [2.75, 3.05) is 0 Å². The molecule has 0 aliphatic heterocycles. The summed E-state index contributed by atoms with van der Waals surface area (Å²) in [4.78, 5) is 2.64. The highest BCUT2D eigenvalue weighted by Gasteiger charge is 2.23. The molecule has 0 atom stereocenters. The van der Waals surface area contributed by atoms with Gasteiger partial charge in [0.05, 0.1) is 0 Å². The molecule has 0 spiro atoms. The van der Waals surface area contributed by atoms with Gasteiger partial charge in [-0.25, -0.2) is 0 Å². The van der Waals surface area contributed by atoms with Crippen LogP contribution in [0, 0.1) is 83.1 Å². The van der Waals surface area contributed by atoms with Crippen LogP contribution in [0.25, 0.3) is 44.5 Å². The Kier molecular flexibility index (Phi) is 10.3. The minimum atomic E-state index is 1.30. The van der Waals surface area contributed by atoms with Crippen LogP contribution in [0.15, 0.2) is 94.7 Å². The number of hydrogen-bond acceptors (Lipinski definition) is 2. The van der Waals surface area contributed by atoms with E-state index in [0.29, 0.717) is 0 Å². The van der Waals surface area contributed by atoms with E-state index in [0.717, 1.165) is 0 Å². The van der Waals surface area contributed by atoms with Gasteiger partial charge in [-0.2, -0.15) is 0 Å².